The molecule has 1 aliphatic carbocycles. The number of nitrogens with zero attached hydrogens (tertiary/aromatic N) is 4. The molecule has 4 rings (SSSR count). The summed E-state index contributed by atoms with van der Waals surface area (Å²) in [6.07, 6.45) is 8.31. The molecule has 3 N–H and O–H groups in total. The number of rotatable bonds is 4. The van der Waals surface area contributed by atoms with Crippen molar-refractivity contribution in [3.63, 3.8) is 0 Å². The monoisotopic (exact) mass is 280 g/mol. The third-order valence-corrected chi connectivity index (χ3v) is 3.71. The highest BCUT2D eigenvalue weighted by atomic mass is 15.1. The van der Waals surface area contributed by atoms with Crippen molar-refractivity contribution < 1.29 is 0 Å². The predicted octanol–water partition coefficient (Wildman–Crippen LogP) is 2.20. The van der Waals surface area contributed by atoms with Crippen LogP contribution < -0.4 is 11.1 Å². The van der Waals surface area contributed by atoms with Gasteiger partial charge in [-0.25, -0.2) is 15.0 Å². The van der Waals surface area contributed by atoms with Crippen molar-refractivity contribution in [3.05, 3.63) is 48.2 Å². The van der Waals surface area contributed by atoms with Crippen molar-refractivity contribution in [1.82, 2.24) is 19.4 Å². The smallest absolute Gasteiger partial charge is 0.137 e. The molecule has 0 aromatic carbocycles. The summed E-state index contributed by atoms with van der Waals surface area (Å²) in [4.78, 5) is 12.6. The molecule has 3 aromatic rings. The Morgan fingerprint density at radius 2 is 2.14 bits per heavy atom. The first kappa shape index (κ1) is 12.1. The van der Waals surface area contributed by atoms with E-state index in [4.69, 9.17) is 5.73 Å². The zero-order valence-corrected chi connectivity index (χ0v) is 11.5. The van der Waals surface area contributed by atoms with E-state index >= 15 is 0 Å². The van der Waals surface area contributed by atoms with Crippen molar-refractivity contribution in [2.75, 3.05) is 11.1 Å². The van der Waals surface area contributed by atoms with Crippen molar-refractivity contribution in [2.24, 2.45) is 0 Å². The summed E-state index contributed by atoms with van der Waals surface area (Å²) in [6.45, 7) is 0.608. The van der Waals surface area contributed by atoms with Gasteiger partial charge in [-0.3, -0.25) is 0 Å². The number of aromatic nitrogens is 4. The zero-order valence-electron chi connectivity index (χ0n) is 11.5. The lowest BCUT2D eigenvalue weighted by Crippen LogP contribution is -2.03. The highest BCUT2D eigenvalue weighted by Crippen LogP contribution is 2.39. The van der Waals surface area contributed by atoms with Crippen LogP contribution in [0.25, 0.3) is 5.65 Å². The fraction of sp³-hybridized carbons (Fsp3) is 0.267. The predicted molar refractivity (Wildman–Crippen MR) is 80.9 cm³/mol. The normalized spacial score (nSPS) is 14.5. The van der Waals surface area contributed by atoms with Gasteiger partial charge in [-0.05, 0) is 30.4 Å². The van der Waals surface area contributed by atoms with Gasteiger partial charge in [0.25, 0.3) is 0 Å². The van der Waals surface area contributed by atoms with Crippen LogP contribution in [-0.2, 0) is 6.54 Å². The molecule has 3 heterocycles. The topological polar surface area (TPSA) is 81.1 Å². The molecule has 0 aliphatic heterocycles. The molecule has 0 atom stereocenters. The first-order valence-electron chi connectivity index (χ1n) is 7.07. The van der Waals surface area contributed by atoms with Crippen LogP contribution in [0.1, 0.15) is 30.0 Å². The Labute approximate surface area is 122 Å². The van der Waals surface area contributed by atoms with E-state index in [1.807, 2.05) is 0 Å². The first-order valence-corrected chi connectivity index (χ1v) is 7.07. The zero-order chi connectivity index (χ0) is 14.2. The van der Waals surface area contributed by atoms with Crippen LogP contribution in [0, 0.1) is 0 Å². The lowest BCUT2D eigenvalue weighted by Gasteiger charge is -2.02. The average molecular weight is 280 g/mol. The Balaban J connectivity index is 1.53. The van der Waals surface area contributed by atoms with E-state index < -0.39 is 0 Å². The summed E-state index contributed by atoms with van der Waals surface area (Å²) in [6, 6.07) is 5.98. The van der Waals surface area contributed by atoms with Crippen LogP contribution in [0.15, 0.2) is 36.9 Å². The molecule has 106 valence electrons. The summed E-state index contributed by atoms with van der Waals surface area (Å²) >= 11 is 0. The molecular weight excluding hydrogens is 264 g/mol. The van der Waals surface area contributed by atoms with E-state index in [-0.39, 0.29) is 0 Å². The highest BCUT2D eigenvalue weighted by molar-refractivity contribution is 5.45. The molecule has 0 unspecified atom stereocenters. The van der Waals surface area contributed by atoms with Gasteiger partial charge in [0.05, 0.1) is 12.2 Å². The standard InChI is InChI=1S/C15H16N6/c16-13-5-14(19-9-18-13)17-6-12-8-21-7-11(10-1-2-10)3-4-15(21)20-12/h3-5,7-10H,1-2,6H2,(H3,16,17,18,19). The number of pyridine rings is 1. The van der Waals surface area contributed by atoms with Crippen molar-refractivity contribution in [1.29, 1.82) is 0 Å². The molecular formula is C15H16N6. The Morgan fingerprint density at radius 1 is 1.24 bits per heavy atom. The van der Waals surface area contributed by atoms with Gasteiger partial charge in [0, 0.05) is 18.5 Å². The van der Waals surface area contributed by atoms with Gasteiger partial charge in [0.2, 0.25) is 0 Å². The number of hydrogen-bond donors (Lipinski definition) is 2. The van der Waals surface area contributed by atoms with Gasteiger partial charge in [-0.1, -0.05) is 6.07 Å². The van der Waals surface area contributed by atoms with Crippen LogP contribution in [0.2, 0.25) is 0 Å². The molecule has 3 aromatic heterocycles. The largest absolute Gasteiger partial charge is 0.384 e. The molecule has 6 nitrogen and oxygen atoms in total. The second-order valence-electron chi connectivity index (χ2n) is 5.42. The summed E-state index contributed by atoms with van der Waals surface area (Å²) < 4.78 is 2.10. The van der Waals surface area contributed by atoms with Gasteiger partial charge < -0.3 is 15.5 Å². The lowest BCUT2D eigenvalue weighted by molar-refractivity contribution is 1.04. The maximum Gasteiger partial charge on any atom is 0.137 e. The molecule has 0 saturated heterocycles. The lowest BCUT2D eigenvalue weighted by atomic mass is 10.2. The Kier molecular flexibility index (Phi) is 2.73. The SMILES string of the molecule is Nc1cc(NCc2cn3cc(C4CC4)ccc3n2)ncn1. The molecule has 6 heteroatoms. The quantitative estimate of drug-likeness (QED) is 0.765. The number of hydrogen-bond acceptors (Lipinski definition) is 5. The van der Waals surface area contributed by atoms with Crippen LogP contribution in [0.4, 0.5) is 11.6 Å². The van der Waals surface area contributed by atoms with E-state index in [1.165, 1.54) is 24.7 Å². The second-order valence-corrected chi connectivity index (χ2v) is 5.42. The van der Waals surface area contributed by atoms with E-state index in [0.717, 1.165) is 17.3 Å². The van der Waals surface area contributed by atoms with Crippen LogP contribution >= 0.6 is 0 Å². The first-order chi connectivity index (χ1) is 10.3. The maximum absolute atomic E-state index is 5.63. The minimum atomic E-state index is 0.455. The highest BCUT2D eigenvalue weighted by Gasteiger charge is 2.23. The maximum atomic E-state index is 5.63. The van der Waals surface area contributed by atoms with E-state index in [9.17, 15) is 0 Å². The van der Waals surface area contributed by atoms with Crippen LogP contribution in [0.5, 0.6) is 0 Å². The Hall–Kier alpha value is -2.63. The summed E-state index contributed by atoms with van der Waals surface area (Å²) in [5.41, 5.74) is 8.98. The van der Waals surface area contributed by atoms with Crippen molar-refractivity contribution in [2.45, 2.75) is 25.3 Å². The molecule has 21 heavy (non-hydrogen) atoms. The summed E-state index contributed by atoms with van der Waals surface area (Å²) in [5, 5.41) is 3.21. The fourth-order valence-electron chi connectivity index (χ4n) is 2.46. The van der Waals surface area contributed by atoms with Gasteiger partial charge in [0.1, 0.15) is 23.6 Å². The molecule has 1 aliphatic rings. The molecule has 0 spiro atoms. The Morgan fingerprint density at radius 3 is 2.95 bits per heavy atom. The van der Waals surface area contributed by atoms with E-state index in [2.05, 4.69) is 49.2 Å². The van der Waals surface area contributed by atoms with Gasteiger partial charge in [0.15, 0.2) is 0 Å². The number of imidazole rings is 1. The average Bonchev–Trinajstić information content (AvgIpc) is 3.25. The third-order valence-electron chi connectivity index (χ3n) is 3.71. The van der Waals surface area contributed by atoms with Gasteiger partial charge >= 0.3 is 0 Å². The number of anilines is 2. The van der Waals surface area contributed by atoms with Crippen molar-refractivity contribution in [3.8, 4) is 0 Å². The van der Waals surface area contributed by atoms with Crippen LogP contribution in [0.3, 0.4) is 0 Å². The number of nitrogens with one attached hydrogen (secondary N) is 1. The minimum absolute atomic E-state index is 0.455. The van der Waals surface area contributed by atoms with Gasteiger partial charge in [-0.15, -0.1) is 0 Å². The minimum Gasteiger partial charge on any atom is -0.384 e. The Bertz CT molecular complexity index is 790. The molecule has 0 amide bonds. The van der Waals surface area contributed by atoms with Crippen LogP contribution in [-0.4, -0.2) is 19.4 Å². The number of nitrogens with two attached hydrogens (primary N) is 1. The summed E-state index contributed by atoms with van der Waals surface area (Å²) in [7, 11) is 0. The molecule has 0 radical (unpaired) electrons. The summed E-state index contributed by atoms with van der Waals surface area (Å²) in [5.74, 6) is 1.91. The molecule has 0 bridgehead atoms. The number of fused-ring (bicyclic) bond motifs is 1. The number of nitrogen functional groups attached to an aromatic ring is 1. The fourth-order valence-corrected chi connectivity index (χ4v) is 2.46. The van der Waals surface area contributed by atoms with E-state index in [1.54, 1.807) is 6.07 Å². The second kappa shape index (κ2) is 4.73. The van der Waals surface area contributed by atoms with E-state index in [0.29, 0.717) is 18.2 Å². The van der Waals surface area contributed by atoms with Crippen molar-refractivity contribution >= 4 is 17.3 Å². The van der Waals surface area contributed by atoms with Gasteiger partial charge in [-0.2, -0.15) is 0 Å². The molecule has 1 saturated carbocycles. The third kappa shape index (κ3) is 2.52. The molecule has 1 fully saturated rings.